The molecule has 3 heterocycles. The molecule has 24 heavy (non-hydrogen) atoms. The van der Waals surface area contributed by atoms with Crippen LogP contribution in [0.15, 0.2) is 17.6 Å². The first kappa shape index (κ1) is 17.9. The smallest absolute Gasteiger partial charge is 0.151 e. The van der Waals surface area contributed by atoms with Gasteiger partial charge in [0, 0.05) is 31.4 Å². The third-order valence-electron chi connectivity index (χ3n) is 3.90. The van der Waals surface area contributed by atoms with Gasteiger partial charge in [-0.25, -0.2) is 21.3 Å². The fourth-order valence-corrected chi connectivity index (χ4v) is 2.82. The molecule has 0 saturated carbocycles. The van der Waals surface area contributed by atoms with E-state index in [1.807, 2.05) is 20.0 Å². The van der Waals surface area contributed by atoms with Crippen molar-refractivity contribution in [3.05, 3.63) is 18.1 Å². The molecule has 9 N–H and O–H groups in total. The van der Waals surface area contributed by atoms with Crippen LogP contribution in [0.4, 0.5) is 5.82 Å². The highest BCUT2D eigenvalue weighted by atomic mass is 16.3. The number of hydrazone groups is 1. The molecule has 0 amide bonds. The Labute approximate surface area is 140 Å². The Morgan fingerprint density at radius 2 is 2.21 bits per heavy atom. The summed E-state index contributed by atoms with van der Waals surface area (Å²) in [6.45, 7) is 5.71. The molecule has 0 radical (unpaired) electrons. The highest BCUT2D eigenvalue weighted by molar-refractivity contribution is 5.87. The van der Waals surface area contributed by atoms with Gasteiger partial charge in [0.05, 0.1) is 17.5 Å². The van der Waals surface area contributed by atoms with E-state index in [9.17, 15) is 5.11 Å². The number of nitrogens with zero attached hydrogens (tertiary/aromatic N) is 4. The van der Waals surface area contributed by atoms with Gasteiger partial charge in [0.1, 0.15) is 17.7 Å². The van der Waals surface area contributed by atoms with E-state index < -0.39 is 6.10 Å². The highest BCUT2D eigenvalue weighted by Gasteiger charge is 2.34. The molecule has 1 fully saturated rings. The van der Waals surface area contributed by atoms with E-state index in [1.54, 1.807) is 0 Å². The summed E-state index contributed by atoms with van der Waals surface area (Å²) in [7, 11) is 0. The Morgan fingerprint density at radius 1 is 1.46 bits per heavy atom. The lowest BCUT2D eigenvalue weighted by atomic mass is 10.1. The maximum Gasteiger partial charge on any atom is 0.151 e. The Balaban J connectivity index is 0.00000100. The minimum atomic E-state index is -0.581. The van der Waals surface area contributed by atoms with Crippen molar-refractivity contribution >= 4 is 22.7 Å². The summed E-state index contributed by atoms with van der Waals surface area (Å²) in [6, 6.07) is 0. The standard InChI is InChI=1S/C12H19N9O.C2H6/c13-11(19-20-15)7-3-21(4-8(7)22)2-6-1-16-10-9(6)17-5-18-12(10)14;1-2/h1,5,7-8,16,20,22H,2-4,15H2,(H2,13,19)(H2,14,17,18);1-2H3/t7-,8?;/m0./s1. The van der Waals surface area contributed by atoms with Crippen LogP contribution in [-0.2, 0) is 6.54 Å². The molecule has 0 aromatic carbocycles. The van der Waals surface area contributed by atoms with Gasteiger partial charge in [-0.05, 0) is 0 Å². The summed E-state index contributed by atoms with van der Waals surface area (Å²) >= 11 is 0. The van der Waals surface area contributed by atoms with Gasteiger partial charge in [-0.2, -0.15) is 5.10 Å². The molecule has 1 unspecified atom stereocenters. The van der Waals surface area contributed by atoms with E-state index in [-0.39, 0.29) is 5.92 Å². The number of hydrogen-bond acceptors (Lipinski definition) is 8. The van der Waals surface area contributed by atoms with Crippen LogP contribution in [0.2, 0.25) is 0 Å². The molecule has 2 aromatic heterocycles. The minimum absolute atomic E-state index is 0.249. The first-order valence-electron chi connectivity index (χ1n) is 7.85. The van der Waals surface area contributed by atoms with Crippen LogP contribution in [0, 0.1) is 5.92 Å². The second-order valence-electron chi connectivity index (χ2n) is 5.33. The van der Waals surface area contributed by atoms with Crippen molar-refractivity contribution in [2.24, 2.45) is 22.6 Å². The van der Waals surface area contributed by atoms with Gasteiger partial charge >= 0.3 is 0 Å². The molecule has 1 aliphatic heterocycles. The van der Waals surface area contributed by atoms with Crippen molar-refractivity contribution in [3.63, 3.8) is 0 Å². The third kappa shape index (κ3) is 3.55. The fourth-order valence-electron chi connectivity index (χ4n) is 2.82. The predicted molar refractivity (Wildman–Crippen MR) is 93.4 cm³/mol. The number of amidine groups is 1. The number of aliphatic hydroxyl groups excluding tert-OH is 1. The van der Waals surface area contributed by atoms with Crippen LogP contribution < -0.4 is 22.8 Å². The number of nitrogens with two attached hydrogens (primary N) is 3. The lowest BCUT2D eigenvalue weighted by molar-refractivity contribution is 0.160. The first-order valence-corrected chi connectivity index (χ1v) is 7.85. The van der Waals surface area contributed by atoms with E-state index >= 15 is 0 Å². The number of rotatable bonds is 4. The van der Waals surface area contributed by atoms with Crippen LogP contribution in [0.25, 0.3) is 11.0 Å². The lowest BCUT2D eigenvalue weighted by Crippen LogP contribution is -2.35. The van der Waals surface area contributed by atoms with E-state index in [0.717, 1.165) is 16.6 Å². The van der Waals surface area contributed by atoms with Crippen LogP contribution in [0.1, 0.15) is 19.4 Å². The largest absolute Gasteiger partial charge is 0.391 e. The van der Waals surface area contributed by atoms with Gasteiger partial charge in [-0.15, -0.1) is 0 Å². The summed E-state index contributed by atoms with van der Waals surface area (Å²) < 4.78 is 0. The lowest BCUT2D eigenvalue weighted by Gasteiger charge is -2.14. The summed E-state index contributed by atoms with van der Waals surface area (Å²) in [4.78, 5) is 13.4. The zero-order chi connectivity index (χ0) is 17.7. The van der Waals surface area contributed by atoms with Gasteiger partial charge in [-0.1, -0.05) is 13.8 Å². The van der Waals surface area contributed by atoms with Crippen LogP contribution in [-0.4, -0.2) is 50.0 Å². The Morgan fingerprint density at radius 3 is 2.92 bits per heavy atom. The summed E-state index contributed by atoms with van der Waals surface area (Å²) in [6.07, 6.45) is 2.71. The van der Waals surface area contributed by atoms with E-state index in [1.165, 1.54) is 6.33 Å². The number of H-pyrrole nitrogens is 1. The number of nitrogens with one attached hydrogen (secondary N) is 2. The zero-order valence-electron chi connectivity index (χ0n) is 13.9. The highest BCUT2D eigenvalue weighted by Crippen LogP contribution is 2.24. The van der Waals surface area contributed by atoms with Crippen molar-refractivity contribution in [3.8, 4) is 0 Å². The quantitative estimate of drug-likeness (QED) is 0.181. The Kier molecular flexibility index (Phi) is 5.90. The second kappa shape index (κ2) is 7.90. The first-order chi connectivity index (χ1) is 11.6. The van der Waals surface area contributed by atoms with Gasteiger partial charge in [0.25, 0.3) is 0 Å². The van der Waals surface area contributed by atoms with Crippen molar-refractivity contribution in [1.29, 1.82) is 0 Å². The molecule has 1 aliphatic rings. The fraction of sp³-hybridized carbons (Fsp3) is 0.500. The van der Waals surface area contributed by atoms with Crippen LogP contribution >= 0.6 is 0 Å². The van der Waals surface area contributed by atoms with Crippen molar-refractivity contribution in [2.45, 2.75) is 26.5 Å². The van der Waals surface area contributed by atoms with Crippen molar-refractivity contribution in [2.75, 3.05) is 18.8 Å². The zero-order valence-corrected chi connectivity index (χ0v) is 13.9. The number of likely N-dealkylation sites (tertiary alicyclic amines) is 1. The average molecular weight is 335 g/mol. The van der Waals surface area contributed by atoms with E-state index in [2.05, 4.69) is 30.5 Å². The monoisotopic (exact) mass is 335 g/mol. The number of anilines is 1. The minimum Gasteiger partial charge on any atom is -0.391 e. The van der Waals surface area contributed by atoms with Gasteiger partial charge in [0.15, 0.2) is 5.82 Å². The predicted octanol–water partition coefficient (Wildman–Crippen LogP) is -0.905. The van der Waals surface area contributed by atoms with E-state index in [4.69, 9.17) is 17.3 Å². The second-order valence-corrected chi connectivity index (χ2v) is 5.33. The molecular formula is C14H25N9O. The summed E-state index contributed by atoms with van der Waals surface area (Å²) in [5.41, 5.74) is 16.3. The molecule has 0 aliphatic carbocycles. The molecule has 2 atom stereocenters. The van der Waals surface area contributed by atoms with Gasteiger partial charge < -0.3 is 21.6 Å². The molecule has 10 nitrogen and oxygen atoms in total. The Bertz CT molecular complexity index is 699. The number of fused-ring (bicyclic) bond motifs is 1. The number of β-amino-alcohol motifs (C(OH)–C–C–N with tert-alkyl or cyclic N) is 1. The number of aromatic nitrogens is 3. The number of aromatic amines is 1. The maximum atomic E-state index is 10.1. The Hall–Kier alpha value is -2.43. The molecule has 132 valence electrons. The normalized spacial score (nSPS) is 21.6. The van der Waals surface area contributed by atoms with Crippen molar-refractivity contribution < 1.29 is 5.11 Å². The molecule has 1 saturated heterocycles. The van der Waals surface area contributed by atoms with Crippen molar-refractivity contribution in [1.82, 2.24) is 25.4 Å². The number of hydrogen-bond donors (Lipinski definition) is 6. The molecule has 0 spiro atoms. The molecular weight excluding hydrogens is 310 g/mol. The maximum absolute atomic E-state index is 10.1. The molecule has 3 rings (SSSR count). The topological polar surface area (TPSA) is 167 Å². The van der Waals surface area contributed by atoms with Gasteiger partial charge in [0.2, 0.25) is 0 Å². The average Bonchev–Trinajstić information content (AvgIpc) is 3.15. The van der Waals surface area contributed by atoms with Gasteiger partial charge in [-0.3, -0.25) is 4.90 Å². The molecule has 0 bridgehead atoms. The number of aliphatic hydroxyl groups is 1. The van der Waals surface area contributed by atoms with Crippen LogP contribution in [0.5, 0.6) is 0 Å². The van der Waals surface area contributed by atoms with E-state index in [0.29, 0.717) is 31.3 Å². The molecule has 10 heteroatoms. The van der Waals surface area contributed by atoms with Crippen LogP contribution in [0.3, 0.4) is 0 Å². The summed E-state index contributed by atoms with van der Waals surface area (Å²) in [5, 5.41) is 13.9. The third-order valence-corrected chi connectivity index (χ3v) is 3.90. The molecule has 2 aromatic rings. The number of hydrazine groups is 1. The SMILES string of the molecule is CC.NN/N=C(\N)[C@H]1CN(Cc2c[nH]c3c(N)ncnc23)CC1O. The number of nitrogen functional groups attached to an aromatic ring is 1. The summed E-state index contributed by atoms with van der Waals surface area (Å²) in [5.74, 6) is 5.58.